The van der Waals surface area contributed by atoms with Crippen LogP contribution in [0.2, 0.25) is 0 Å². The molecule has 1 fully saturated rings. The fourth-order valence-electron chi connectivity index (χ4n) is 1.99. The summed E-state index contributed by atoms with van der Waals surface area (Å²) >= 11 is 0. The number of carbonyl (C=O) groups excluding carboxylic acids is 1. The lowest BCUT2D eigenvalue weighted by molar-refractivity contribution is -0.139. The zero-order valence-electron chi connectivity index (χ0n) is 12.3. The highest BCUT2D eigenvalue weighted by Gasteiger charge is 2.20. The Balaban J connectivity index is 2.20. The summed E-state index contributed by atoms with van der Waals surface area (Å²) in [7, 11) is 0. The van der Waals surface area contributed by atoms with Gasteiger partial charge in [0.15, 0.2) is 0 Å². The molecule has 0 aromatic rings. The Labute approximate surface area is 111 Å². The second-order valence-corrected chi connectivity index (χ2v) is 5.76. The van der Waals surface area contributed by atoms with Gasteiger partial charge in [-0.3, -0.25) is 9.69 Å². The first kappa shape index (κ1) is 15.4. The average molecular weight is 256 g/mol. The zero-order valence-corrected chi connectivity index (χ0v) is 12.3. The Bertz CT molecular complexity index is 246. The third-order valence-corrected chi connectivity index (χ3v) is 3.29. The Morgan fingerprint density at radius 1 is 1.11 bits per heavy atom. The van der Waals surface area contributed by atoms with Crippen LogP contribution >= 0.6 is 0 Å². The monoisotopic (exact) mass is 256 g/mol. The van der Waals surface area contributed by atoms with E-state index in [0.29, 0.717) is 0 Å². The predicted octanol–water partition coefficient (Wildman–Crippen LogP) is 1.60. The van der Waals surface area contributed by atoms with E-state index in [4.69, 9.17) is 4.74 Å². The summed E-state index contributed by atoms with van der Waals surface area (Å²) in [5.74, 6) is 0.885. The largest absolute Gasteiger partial charge is 0.369 e. The summed E-state index contributed by atoms with van der Waals surface area (Å²) in [6.07, 6.45) is 1.37. The van der Waals surface area contributed by atoms with E-state index in [-0.39, 0.29) is 18.6 Å². The van der Waals surface area contributed by atoms with Crippen LogP contribution in [0, 0.1) is 5.92 Å². The number of ether oxygens (including phenoxy) is 1. The Kier molecular flexibility index (Phi) is 6.65. The van der Waals surface area contributed by atoms with Crippen LogP contribution in [0.15, 0.2) is 0 Å². The second kappa shape index (κ2) is 7.74. The molecule has 1 rings (SSSR count). The van der Waals surface area contributed by atoms with E-state index in [2.05, 4.69) is 18.7 Å². The molecule has 0 atom stereocenters. The lowest BCUT2D eigenvalue weighted by Gasteiger charge is -2.35. The van der Waals surface area contributed by atoms with Crippen molar-refractivity contribution in [2.75, 3.05) is 39.3 Å². The molecular formula is C14H28N2O2. The van der Waals surface area contributed by atoms with Gasteiger partial charge in [0.25, 0.3) is 0 Å². The fourth-order valence-corrected chi connectivity index (χ4v) is 1.99. The standard InChI is InChI=1S/C14H28N2O2/c1-12(2)5-6-15-7-9-16(10-8-15)14(17)11-18-13(3)4/h12-13H,5-11H2,1-4H3. The fraction of sp³-hybridized carbons (Fsp3) is 0.929. The molecule has 4 heteroatoms. The van der Waals surface area contributed by atoms with Crippen molar-refractivity contribution >= 4 is 5.91 Å². The third kappa shape index (κ3) is 5.83. The Morgan fingerprint density at radius 3 is 2.22 bits per heavy atom. The summed E-state index contributed by atoms with van der Waals surface area (Å²) < 4.78 is 5.36. The first-order valence-electron chi connectivity index (χ1n) is 7.10. The number of nitrogens with zero attached hydrogens (tertiary/aromatic N) is 2. The lowest BCUT2D eigenvalue weighted by atomic mass is 10.1. The maximum atomic E-state index is 11.9. The third-order valence-electron chi connectivity index (χ3n) is 3.29. The van der Waals surface area contributed by atoms with Gasteiger partial charge in [0, 0.05) is 26.2 Å². The van der Waals surface area contributed by atoms with Gasteiger partial charge >= 0.3 is 0 Å². The molecule has 0 N–H and O–H groups in total. The van der Waals surface area contributed by atoms with Gasteiger partial charge in [-0.1, -0.05) is 13.8 Å². The van der Waals surface area contributed by atoms with Crippen LogP contribution in [0.4, 0.5) is 0 Å². The highest BCUT2D eigenvalue weighted by atomic mass is 16.5. The molecule has 0 saturated carbocycles. The number of carbonyl (C=O) groups is 1. The summed E-state index contributed by atoms with van der Waals surface area (Å²) in [6.45, 7) is 13.5. The minimum absolute atomic E-state index is 0.126. The summed E-state index contributed by atoms with van der Waals surface area (Å²) in [4.78, 5) is 16.2. The molecule has 0 aromatic heterocycles. The molecule has 0 aliphatic carbocycles. The van der Waals surface area contributed by atoms with Gasteiger partial charge in [-0.05, 0) is 32.7 Å². The first-order chi connectivity index (χ1) is 8.49. The summed E-state index contributed by atoms with van der Waals surface area (Å²) in [5.41, 5.74) is 0. The molecule has 1 heterocycles. The van der Waals surface area contributed by atoms with E-state index < -0.39 is 0 Å². The first-order valence-corrected chi connectivity index (χ1v) is 7.10. The SMILES string of the molecule is CC(C)CCN1CCN(C(=O)COC(C)C)CC1. The summed E-state index contributed by atoms with van der Waals surface area (Å²) in [6, 6.07) is 0. The van der Waals surface area contributed by atoms with Crippen molar-refractivity contribution in [2.45, 2.75) is 40.2 Å². The number of amides is 1. The van der Waals surface area contributed by atoms with Crippen LogP contribution in [0.1, 0.15) is 34.1 Å². The highest BCUT2D eigenvalue weighted by molar-refractivity contribution is 5.77. The molecular weight excluding hydrogens is 228 g/mol. The van der Waals surface area contributed by atoms with E-state index in [1.165, 1.54) is 6.42 Å². The van der Waals surface area contributed by atoms with Crippen molar-refractivity contribution < 1.29 is 9.53 Å². The predicted molar refractivity (Wildman–Crippen MR) is 73.6 cm³/mol. The van der Waals surface area contributed by atoms with Crippen molar-refractivity contribution in [1.29, 1.82) is 0 Å². The van der Waals surface area contributed by atoms with Crippen molar-refractivity contribution in [3.63, 3.8) is 0 Å². The Hall–Kier alpha value is -0.610. The average Bonchev–Trinajstić information content (AvgIpc) is 2.34. The van der Waals surface area contributed by atoms with Gasteiger partial charge in [-0.25, -0.2) is 0 Å². The summed E-state index contributed by atoms with van der Waals surface area (Å²) in [5, 5.41) is 0. The second-order valence-electron chi connectivity index (χ2n) is 5.76. The van der Waals surface area contributed by atoms with E-state index in [9.17, 15) is 4.79 Å². The molecule has 0 unspecified atom stereocenters. The van der Waals surface area contributed by atoms with Crippen molar-refractivity contribution in [2.24, 2.45) is 5.92 Å². The van der Waals surface area contributed by atoms with Crippen LogP contribution in [0.3, 0.4) is 0 Å². The molecule has 0 radical (unpaired) electrons. The molecule has 1 saturated heterocycles. The topological polar surface area (TPSA) is 32.8 Å². The lowest BCUT2D eigenvalue weighted by Crippen LogP contribution is -2.50. The van der Waals surface area contributed by atoms with Crippen LogP contribution in [-0.4, -0.2) is 61.1 Å². The molecule has 1 amide bonds. The van der Waals surface area contributed by atoms with Crippen molar-refractivity contribution in [3.05, 3.63) is 0 Å². The molecule has 0 aromatic carbocycles. The van der Waals surface area contributed by atoms with Gasteiger partial charge in [0.1, 0.15) is 6.61 Å². The highest BCUT2D eigenvalue weighted by Crippen LogP contribution is 2.07. The van der Waals surface area contributed by atoms with E-state index in [1.807, 2.05) is 18.7 Å². The number of piperazine rings is 1. The molecule has 18 heavy (non-hydrogen) atoms. The Morgan fingerprint density at radius 2 is 1.72 bits per heavy atom. The minimum atomic E-state index is 0.126. The van der Waals surface area contributed by atoms with E-state index >= 15 is 0 Å². The van der Waals surface area contributed by atoms with Gasteiger partial charge in [0.05, 0.1) is 6.10 Å². The smallest absolute Gasteiger partial charge is 0.248 e. The number of hydrogen-bond acceptors (Lipinski definition) is 3. The van der Waals surface area contributed by atoms with Crippen LogP contribution in [0.25, 0.3) is 0 Å². The van der Waals surface area contributed by atoms with Crippen molar-refractivity contribution in [1.82, 2.24) is 9.80 Å². The number of rotatable bonds is 6. The van der Waals surface area contributed by atoms with Crippen LogP contribution in [-0.2, 0) is 9.53 Å². The van der Waals surface area contributed by atoms with E-state index in [1.54, 1.807) is 0 Å². The maximum absolute atomic E-state index is 11.9. The van der Waals surface area contributed by atoms with E-state index in [0.717, 1.165) is 38.6 Å². The maximum Gasteiger partial charge on any atom is 0.248 e. The molecule has 4 nitrogen and oxygen atoms in total. The quantitative estimate of drug-likeness (QED) is 0.723. The van der Waals surface area contributed by atoms with Crippen LogP contribution in [0.5, 0.6) is 0 Å². The zero-order chi connectivity index (χ0) is 13.5. The number of hydrogen-bond donors (Lipinski definition) is 0. The van der Waals surface area contributed by atoms with Crippen LogP contribution < -0.4 is 0 Å². The minimum Gasteiger partial charge on any atom is -0.369 e. The molecule has 1 aliphatic heterocycles. The molecule has 106 valence electrons. The molecule has 0 bridgehead atoms. The van der Waals surface area contributed by atoms with Gasteiger partial charge in [-0.2, -0.15) is 0 Å². The molecule has 1 aliphatic rings. The molecule has 0 spiro atoms. The van der Waals surface area contributed by atoms with Crippen molar-refractivity contribution in [3.8, 4) is 0 Å². The normalized spacial score (nSPS) is 17.8. The van der Waals surface area contributed by atoms with Gasteiger partial charge in [0.2, 0.25) is 5.91 Å². The van der Waals surface area contributed by atoms with Gasteiger partial charge < -0.3 is 9.64 Å². The van der Waals surface area contributed by atoms with Gasteiger partial charge in [-0.15, -0.1) is 0 Å².